The van der Waals surface area contributed by atoms with E-state index < -0.39 is 5.91 Å². The van der Waals surface area contributed by atoms with Gasteiger partial charge in [-0.05, 0) is 54.9 Å². The number of halogens is 1. The van der Waals surface area contributed by atoms with Crippen molar-refractivity contribution in [3.63, 3.8) is 0 Å². The third-order valence-electron chi connectivity index (χ3n) is 6.84. The van der Waals surface area contributed by atoms with Crippen LogP contribution < -0.4 is 11.5 Å². The van der Waals surface area contributed by atoms with Crippen LogP contribution in [0.15, 0.2) is 31.0 Å². The lowest BCUT2D eigenvalue weighted by atomic mass is 10.0. The van der Waals surface area contributed by atoms with Crippen LogP contribution in [-0.4, -0.2) is 63.0 Å². The molecule has 4 N–H and O–H groups in total. The molecular weight excluding hydrogens is 494 g/mol. The molecule has 190 valence electrons. The summed E-state index contributed by atoms with van der Waals surface area (Å²) in [5.41, 5.74) is 14.5. The molecule has 1 saturated heterocycles. The number of aromatic nitrogens is 4. The number of nitrogen functional groups attached to an aromatic ring is 1. The second-order valence-electron chi connectivity index (χ2n) is 9.28. The summed E-state index contributed by atoms with van der Waals surface area (Å²) in [5.74, 6) is 5.53. The molecule has 1 aliphatic heterocycles. The van der Waals surface area contributed by atoms with Crippen LogP contribution in [0.5, 0.6) is 0 Å². The zero-order valence-electron chi connectivity index (χ0n) is 20.3. The lowest BCUT2D eigenvalue weighted by Crippen LogP contribution is -2.37. The second kappa shape index (κ2) is 9.84. The van der Waals surface area contributed by atoms with Crippen LogP contribution in [0.25, 0.3) is 10.9 Å². The van der Waals surface area contributed by atoms with E-state index in [4.69, 9.17) is 27.8 Å². The number of benzene rings is 1. The van der Waals surface area contributed by atoms with Crippen LogP contribution in [0.2, 0.25) is 5.02 Å². The topological polar surface area (TPSA) is 142 Å². The fraction of sp³-hybridized carbons (Fsp3) is 0.346. The maximum absolute atomic E-state index is 12.4. The molecular formula is C26H26ClN7O3. The first kappa shape index (κ1) is 24.7. The highest BCUT2D eigenvalue weighted by atomic mass is 35.5. The fourth-order valence-corrected chi connectivity index (χ4v) is 5.11. The van der Waals surface area contributed by atoms with Crippen molar-refractivity contribution in [3.8, 4) is 11.8 Å². The van der Waals surface area contributed by atoms with Crippen LogP contribution in [0.3, 0.4) is 0 Å². The maximum Gasteiger partial charge on any atom is 0.255 e. The zero-order valence-corrected chi connectivity index (χ0v) is 21.0. The highest BCUT2D eigenvalue weighted by molar-refractivity contribution is 6.32. The largest absolute Gasteiger partial charge is 0.383 e. The van der Waals surface area contributed by atoms with E-state index in [-0.39, 0.29) is 35.1 Å². The van der Waals surface area contributed by atoms with E-state index in [1.165, 1.54) is 10.8 Å². The Labute approximate surface area is 218 Å². The monoisotopic (exact) mass is 519 g/mol. The van der Waals surface area contributed by atoms with Crippen LogP contribution in [0, 0.1) is 11.8 Å². The summed E-state index contributed by atoms with van der Waals surface area (Å²) in [7, 11) is 1.57. The molecule has 2 aliphatic rings. The predicted octanol–water partition coefficient (Wildman–Crippen LogP) is 2.41. The minimum absolute atomic E-state index is 0.0250. The minimum atomic E-state index is -0.747. The predicted molar refractivity (Wildman–Crippen MR) is 139 cm³/mol. The molecule has 3 aromatic rings. The smallest absolute Gasteiger partial charge is 0.255 e. The highest BCUT2D eigenvalue weighted by Crippen LogP contribution is 2.43. The third kappa shape index (κ3) is 4.63. The van der Waals surface area contributed by atoms with Crippen molar-refractivity contribution in [2.24, 2.45) is 5.73 Å². The van der Waals surface area contributed by atoms with Gasteiger partial charge in [0.1, 0.15) is 11.4 Å². The normalized spacial score (nSPS) is 19.0. The van der Waals surface area contributed by atoms with Crippen LogP contribution in [-0.2, 0) is 9.53 Å². The Morgan fingerprint density at radius 3 is 2.78 bits per heavy atom. The van der Waals surface area contributed by atoms with Gasteiger partial charge in [0, 0.05) is 24.6 Å². The van der Waals surface area contributed by atoms with Crippen molar-refractivity contribution in [2.45, 2.75) is 37.3 Å². The number of nitrogens with two attached hydrogens (primary N) is 2. The SMILES string of the molecule is C=CC(=O)N1C[C@@H](n2nc(C#Cc3cc4nncc(C5CC5)c4cc3Cl)c(C(N)=O)c2N)C[C@@H]1COC. The van der Waals surface area contributed by atoms with Crippen molar-refractivity contribution in [3.05, 3.63) is 58.4 Å². The molecule has 0 radical (unpaired) electrons. The van der Waals surface area contributed by atoms with Crippen molar-refractivity contribution in [1.82, 2.24) is 24.9 Å². The molecule has 1 aromatic carbocycles. The summed E-state index contributed by atoms with van der Waals surface area (Å²) in [6.07, 6.45) is 5.84. The van der Waals surface area contributed by atoms with Crippen molar-refractivity contribution in [2.75, 3.05) is 26.0 Å². The first-order valence-corrected chi connectivity index (χ1v) is 12.3. The number of hydrogen-bond donors (Lipinski definition) is 2. The van der Waals surface area contributed by atoms with E-state index in [1.54, 1.807) is 24.3 Å². The molecule has 5 rings (SSSR count). The first-order valence-electron chi connectivity index (χ1n) is 11.9. The highest BCUT2D eigenvalue weighted by Gasteiger charge is 2.37. The number of primary amides is 1. The van der Waals surface area contributed by atoms with Crippen LogP contribution >= 0.6 is 11.6 Å². The van der Waals surface area contributed by atoms with Gasteiger partial charge < -0.3 is 21.1 Å². The van der Waals surface area contributed by atoms with Gasteiger partial charge in [0.2, 0.25) is 5.91 Å². The number of anilines is 1. The summed E-state index contributed by atoms with van der Waals surface area (Å²) < 4.78 is 6.79. The number of amides is 2. The van der Waals surface area contributed by atoms with Gasteiger partial charge in [-0.25, -0.2) is 4.68 Å². The lowest BCUT2D eigenvalue weighted by molar-refractivity contribution is -0.127. The second-order valence-corrected chi connectivity index (χ2v) is 9.69. The van der Waals surface area contributed by atoms with E-state index in [2.05, 4.69) is 33.7 Å². The Hall–Kier alpha value is -3.94. The number of ether oxygens (including phenoxy) is 1. The number of rotatable bonds is 6. The summed E-state index contributed by atoms with van der Waals surface area (Å²) in [5, 5.41) is 14.3. The summed E-state index contributed by atoms with van der Waals surface area (Å²) in [4.78, 5) is 26.3. The van der Waals surface area contributed by atoms with E-state index >= 15 is 0 Å². The zero-order chi connectivity index (χ0) is 26.3. The van der Waals surface area contributed by atoms with Gasteiger partial charge in [-0.3, -0.25) is 9.59 Å². The van der Waals surface area contributed by atoms with Gasteiger partial charge in [-0.1, -0.05) is 24.1 Å². The van der Waals surface area contributed by atoms with Gasteiger partial charge in [-0.2, -0.15) is 15.3 Å². The quantitative estimate of drug-likeness (QED) is 0.376. The minimum Gasteiger partial charge on any atom is -0.383 e. The van der Waals surface area contributed by atoms with Crippen molar-refractivity contribution in [1.29, 1.82) is 0 Å². The Balaban J connectivity index is 1.50. The van der Waals surface area contributed by atoms with Crippen molar-refractivity contribution < 1.29 is 14.3 Å². The average molecular weight is 520 g/mol. The van der Waals surface area contributed by atoms with Gasteiger partial charge in [-0.15, -0.1) is 0 Å². The molecule has 0 unspecified atom stereocenters. The number of carbonyl (C=O) groups excluding carboxylic acids is 2. The van der Waals surface area contributed by atoms with Gasteiger partial charge in [0.25, 0.3) is 5.91 Å². The molecule has 11 heteroatoms. The third-order valence-corrected chi connectivity index (χ3v) is 7.15. The van der Waals surface area contributed by atoms with E-state index in [1.807, 2.05) is 6.07 Å². The average Bonchev–Trinajstić information content (AvgIpc) is 3.55. The number of hydrogen-bond acceptors (Lipinski definition) is 7. The molecule has 2 aromatic heterocycles. The van der Waals surface area contributed by atoms with Gasteiger partial charge >= 0.3 is 0 Å². The molecule has 2 amide bonds. The number of likely N-dealkylation sites (tertiary alicyclic amines) is 1. The Bertz CT molecular complexity index is 1480. The van der Waals surface area contributed by atoms with Crippen LogP contribution in [0.4, 0.5) is 5.82 Å². The molecule has 1 saturated carbocycles. The first-order chi connectivity index (χ1) is 17.8. The number of nitrogens with zero attached hydrogens (tertiary/aromatic N) is 5. The fourth-order valence-electron chi connectivity index (χ4n) is 4.90. The molecule has 0 spiro atoms. The standard InChI is InChI=1S/C26H26ClN7O3/c1-3-23(35)33-12-16(9-17(33)13-37-2)34-25(28)24(26(29)36)21(32-34)7-6-15-8-22-18(10-20(15)27)19(11-30-31-22)14-4-5-14/h3,8,10-11,14,16-17H,1,4-5,9,12-13,28H2,2H3,(H2,29,36)/t16-,17+/m0/s1. The molecule has 2 atom stereocenters. The van der Waals surface area contributed by atoms with E-state index in [0.29, 0.717) is 41.6 Å². The van der Waals surface area contributed by atoms with Gasteiger partial charge in [0.05, 0.1) is 35.4 Å². The number of carbonyl (C=O) groups is 2. The Kier molecular flexibility index (Phi) is 6.58. The van der Waals surface area contributed by atoms with E-state index in [0.717, 1.165) is 23.8 Å². The molecule has 37 heavy (non-hydrogen) atoms. The van der Waals surface area contributed by atoms with Gasteiger partial charge in [0.15, 0.2) is 5.69 Å². The molecule has 1 aliphatic carbocycles. The van der Waals surface area contributed by atoms with Crippen LogP contribution in [0.1, 0.15) is 58.4 Å². The molecule has 2 fully saturated rings. The summed E-state index contributed by atoms with van der Waals surface area (Å²) in [6, 6.07) is 3.15. The summed E-state index contributed by atoms with van der Waals surface area (Å²) in [6.45, 7) is 4.25. The number of methoxy groups -OCH3 is 1. The molecule has 3 heterocycles. The number of fused-ring (bicyclic) bond motifs is 1. The van der Waals surface area contributed by atoms with E-state index in [9.17, 15) is 9.59 Å². The molecule has 0 bridgehead atoms. The Morgan fingerprint density at radius 1 is 1.32 bits per heavy atom. The van der Waals surface area contributed by atoms with Crippen molar-refractivity contribution >= 4 is 40.1 Å². The Morgan fingerprint density at radius 2 is 2.11 bits per heavy atom. The molecule has 10 nitrogen and oxygen atoms in total. The lowest BCUT2D eigenvalue weighted by Gasteiger charge is -2.22. The maximum atomic E-state index is 12.4. The summed E-state index contributed by atoms with van der Waals surface area (Å²) >= 11 is 6.56.